The van der Waals surface area contributed by atoms with Gasteiger partial charge in [-0.25, -0.2) is 9.69 Å². The number of nitrogens with zero attached hydrogens (tertiary/aromatic N) is 3. The number of hydrogen-bond acceptors (Lipinski definition) is 4. The van der Waals surface area contributed by atoms with Crippen molar-refractivity contribution in [2.45, 2.75) is 18.9 Å². The fourth-order valence-electron chi connectivity index (χ4n) is 3.07. The maximum Gasteiger partial charge on any atom is 0.327 e. The summed E-state index contributed by atoms with van der Waals surface area (Å²) in [7, 11) is 3.13. The zero-order valence-corrected chi connectivity index (χ0v) is 13.2. The van der Waals surface area contributed by atoms with Gasteiger partial charge in [-0.2, -0.15) is 0 Å². The molecule has 2 heterocycles. The van der Waals surface area contributed by atoms with Gasteiger partial charge < -0.3 is 14.5 Å². The highest BCUT2D eigenvalue weighted by atomic mass is 16.5. The smallest absolute Gasteiger partial charge is 0.327 e. The van der Waals surface area contributed by atoms with Crippen molar-refractivity contribution >= 4 is 23.5 Å². The second kappa shape index (κ2) is 5.91. The fraction of sp³-hybridized carbons (Fsp3) is 0.438. The van der Waals surface area contributed by atoms with Crippen LogP contribution in [0.1, 0.15) is 12.8 Å². The van der Waals surface area contributed by atoms with E-state index in [-0.39, 0.29) is 18.4 Å². The van der Waals surface area contributed by atoms with Crippen LogP contribution in [0.15, 0.2) is 24.3 Å². The summed E-state index contributed by atoms with van der Waals surface area (Å²) in [6.07, 6.45) is 1.24. The highest BCUT2D eigenvalue weighted by molar-refractivity contribution is 6.08. The summed E-state index contributed by atoms with van der Waals surface area (Å²) >= 11 is 0. The lowest BCUT2D eigenvalue weighted by molar-refractivity contribution is -0.134. The van der Waals surface area contributed by atoms with Crippen LogP contribution < -0.4 is 9.64 Å². The minimum atomic E-state index is -0.722. The Kier molecular flexibility index (Phi) is 3.94. The van der Waals surface area contributed by atoms with Gasteiger partial charge in [-0.3, -0.25) is 9.59 Å². The predicted octanol–water partition coefficient (Wildman–Crippen LogP) is 1.08. The molecule has 0 aromatic heterocycles. The Bertz CT molecular complexity index is 660. The standard InChI is InChI=1S/C16H19N3O4/c1-17-10-14(20)19(16(17)22)13-7-4-8-18(15(13)21)11-5-3-6-12(9-11)23-2/h3,5-6,9,13H,4,7-8,10H2,1-2H3/t13-/m1/s1. The molecule has 2 fully saturated rings. The van der Waals surface area contributed by atoms with E-state index in [0.29, 0.717) is 24.4 Å². The second-order valence-electron chi connectivity index (χ2n) is 5.75. The molecule has 0 unspecified atom stereocenters. The van der Waals surface area contributed by atoms with Crippen LogP contribution in [0.2, 0.25) is 0 Å². The van der Waals surface area contributed by atoms with Crippen molar-refractivity contribution in [2.75, 3.05) is 32.1 Å². The Labute approximate surface area is 134 Å². The molecule has 0 spiro atoms. The van der Waals surface area contributed by atoms with Crippen molar-refractivity contribution in [2.24, 2.45) is 0 Å². The third kappa shape index (κ3) is 2.62. The average Bonchev–Trinajstić information content (AvgIpc) is 2.81. The molecule has 23 heavy (non-hydrogen) atoms. The van der Waals surface area contributed by atoms with Crippen molar-refractivity contribution in [3.05, 3.63) is 24.3 Å². The van der Waals surface area contributed by atoms with Gasteiger partial charge >= 0.3 is 6.03 Å². The summed E-state index contributed by atoms with van der Waals surface area (Å²) in [6.45, 7) is 0.594. The van der Waals surface area contributed by atoms with Gasteiger partial charge in [0.2, 0.25) is 5.91 Å². The third-order valence-corrected chi connectivity index (χ3v) is 4.26. The van der Waals surface area contributed by atoms with Gasteiger partial charge in [0.1, 0.15) is 18.3 Å². The largest absolute Gasteiger partial charge is 0.497 e. The third-order valence-electron chi connectivity index (χ3n) is 4.26. The molecular formula is C16H19N3O4. The molecule has 3 rings (SSSR count). The molecule has 0 saturated carbocycles. The Morgan fingerprint density at radius 3 is 2.65 bits per heavy atom. The van der Waals surface area contributed by atoms with E-state index >= 15 is 0 Å². The van der Waals surface area contributed by atoms with Gasteiger partial charge in [-0.15, -0.1) is 0 Å². The molecule has 0 radical (unpaired) electrons. The van der Waals surface area contributed by atoms with Crippen LogP contribution in [0.25, 0.3) is 0 Å². The summed E-state index contributed by atoms with van der Waals surface area (Å²) in [5, 5.41) is 0. The molecule has 122 valence electrons. The van der Waals surface area contributed by atoms with Crippen molar-refractivity contribution in [3.63, 3.8) is 0 Å². The molecule has 7 heteroatoms. The Hall–Kier alpha value is -2.57. The first-order valence-electron chi connectivity index (χ1n) is 7.55. The molecule has 0 aliphatic carbocycles. The zero-order valence-electron chi connectivity index (χ0n) is 13.2. The van der Waals surface area contributed by atoms with Crippen LogP contribution in [0.4, 0.5) is 10.5 Å². The lowest BCUT2D eigenvalue weighted by Gasteiger charge is -2.35. The number of ether oxygens (including phenoxy) is 1. The first-order valence-corrected chi connectivity index (χ1v) is 7.55. The highest BCUT2D eigenvalue weighted by Crippen LogP contribution is 2.28. The Morgan fingerprint density at radius 1 is 1.22 bits per heavy atom. The van der Waals surface area contributed by atoms with Crippen LogP contribution in [0.5, 0.6) is 5.75 Å². The van der Waals surface area contributed by atoms with E-state index < -0.39 is 12.1 Å². The van der Waals surface area contributed by atoms with E-state index in [4.69, 9.17) is 4.74 Å². The van der Waals surface area contributed by atoms with Crippen LogP contribution >= 0.6 is 0 Å². The number of urea groups is 1. The van der Waals surface area contributed by atoms with Crippen LogP contribution in [0.3, 0.4) is 0 Å². The number of likely N-dealkylation sites (N-methyl/N-ethyl adjacent to an activating group) is 1. The van der Waals surface area contributed by atoms with Crippen molar-refractivity contribution < 1.29 is 19.1 Å². The van der Waals surface area contributed by atoms with Crippen LogP contribution in [-0.4, -0.2) is 60.9 Å². The normalized spacial score (nSPS) is 22.1. The van der Waals surface area contributed by atoms with Gasteiger partial charge in [0.15, 0.2) is 0 Å². The molecule has 2 aliphatic rings. The number of rotatable bonds is 3. The van der Waals surface area contributed by atoms with E-state index in [1.165, 1.54) is 4.90 Å². The fourth-order valence-corrected chi connectivity index (χ4v) is 3.07. The maximum atomic E-state index is 12.8. The Balaban J connectivity index is 1.86. The molecule has 2 saturated heterocycles. The number of methoxy groups -OCH3 is 1. The number of piperidine rings is 1. The summed E-state index contributed by atoms with van der Waals surface area (Å²) < 4.78 is 5.19. The van der Waals surface area contributed by atoms with Crippen LogP contribution in [0, 0.1) is 0 Å². The quantitative estimate of drug-likeness (QED) is 0.782. The van der Waals surface area contributed by atoms with E-state index in [1.807, 2.05) is 12.1 Å². The number of amides is 4. The predicted molar refractivity (Wildman–Crippen MR) is 83.2 cm³/mol. The Morgan fingerprint density at radius 2 is 2.00 bits per heavy atom. The lowest BCUT2D eigenvalue weighted by Crippen LogP contribution is -2.54. The minimum Gasteiger partial charge on any atom is -0.497 e. The number of carbonyl (C=O) groups excluding carboxylic acids is 3. The summed E-state index contributed by atoms with van der Waals surface area (Å²) in [6, 6.07) is 6.09. The van der Waals surface area contributed by atoms with Crippen molar-refractivity contribution in [1.82, 2.24) is 9.80 Å². The molecule has 7 nitrogen and oxygen atoms in total. The minimum absolute atomic E-state index is 0.0295. The van der Waals surface area contributed by atoms with Gasteiger partial charge in [0.05, 0.1) is 7.11 Å². The SMILES string of the molecule is COc1cccc(N2CCC[C@@H](N3C(=O)CN(C)C3=O)C2=O)c1. The summed E-state index contributed by atoms with van der Waals surface area (Å²) in [5.41, 5.74) is 0.714. The molecule has 0 bridgehead atoms. The molecular weight excluding hydrogens is 298 g/mol. The highest BCUT2D eigenvalue weighted by Gasteiger charge is 2.44. The lowest BCUT2D eigenvalue weighted by atomic mass is 10.0. The molecule has 0 N–H and O–H groups in total. The number of carbonyl (C=O) groups is 3. The zero-order chi connectivity index (χ0) is 16.6. The molecule has 2 aliphatic heterocycles. The number of anilines is 1. The number of imide groups is 1. The van der Waals surface area contributed by atoms with Gasteiger partial charge in [0, 0.05) is 25.3 Å². The topological polar surface area (TPSA) is 70.2 Å². The van der Waals surface area contributed by atoms with Crippen LogP contribution in [-0.2, 0) is 9.59 Å². The van der Waals surface area contributed by atoms with E-state index in [2.05, 4.69) is 0 Å². The van der Waals surface area contributed by atoms with Gasteiger partial charge in [-0.1, -0.05) is 6.07 Å². The van der Waals surface area contributed by atoms with E-state index in [0.717, 1.165) is 11.3 Å². The monoisotopic (exact) mass is 317 g/mol. The average molecular weight is 317 g/mol. The summed E-state index contributed by atoms with van der Waals surface area (Å²) in [5.74, 6) is 0.121. The van der Waals surface area contributed by atoms with Crippen molar-refractivity contribution in [3.8, 4) is 5.75 Å². The first-order chi connectivity index (χ1) is 11.0. The molecule has 4 amide bonds. The number of benzene rings is 1. The van der Waals surface area contributed by atoms with E-state index in [9.17, 15) is 14.4 Å². The van der Waals surface area contributed by atoms with Crippen molar-refractivity contribution in [1.29, 1.82) is 0 Å². The maximum absolute atomic E-state index is 12.8. The number of hydrogen-bond donors (Lipinski definition) is 0. The van der Waals surface area contributed by atoms with Gasteiger partial charge in [0.25, 0.3) is 5.91 Å². The van der Waals surface area contributed by atoms with E-state index in [1.54, 1.807) is 31.2 Å². The second-order valence-corrected chi connectivity index (χ2v) is 5.75. The molecule has 1 aromatic rings. The molecule has 1 aromatic carbocycles. The molecule has 1 atom stereocenters. The first kappa shape index (κ1) is 15.3. The summed E-state index contributed by atoms with van der Waals surface area (Å²) in [4.78, 5) is 41.1. The van der Waals surface area contributed by atoms with Gasteiger partial charge in [-0.05, 0) is 25.0 Å².